The SMILES string of the molecule is CCN(Cc1ccccc1NC(=O)c1ccc(SC(C)C)cc1)C(C)=O. The minimum absolute atomic E-state index is 0.0203. The molecule has 5 heteroatoms. The normalized spacial score (nSPS) is 10.7. The summed E-state index contributed by atoms with van der Waals surface area (Å²) < 4.78 is 0. The van der Waals surface area contributed by atoms with Crippen LogP contribution in [0.5, 0.6) is 0 Å². The lowest BCUT2D eigenvalue weighted by atomic mass is 10.1. The van der Waals surface area contributed by atoms with Gasteiger partial charge in [-0.15, -0.1) is 11.8 Å². The van der Waals surface area contributed by atoms with E-state index in [1.807, 2.05) is 55.5 Å². The van der Waals surface area contributed by atoms with Crippen LogP contribution in [0, 0.1) is 0 Å². The van der Waals surface area contributed by atoms with E-state index in [-0.39, 0.29) is 11.8 Å². The number of hydrogen-bond donors (Lipinski definition) is 1. The summed E-state index contributed by atoms with van der Waals surface area (Å²) in [5.74, 6) is -0.128. The number of nitrogens with one attached hydrogen (secondary N) is 1. The van der Waals surface area contributed by atoms with E-state index in [1.54, 1.807) is 23.6 Å². The minimum atomic E-state index is -0.149. The molecule has 26 heavy (non-hydrogen) atoms. The molecule has 0 aliphatic carbocycles. The Kier molecular flexibility index (Phi) is 7.27. The zero-order valence-electron chi connectivity index (χ0n) is 15.8. The molecule has 0 fully saturated rings. The molecule has 0 spiro atoms. The zero-order chi connectivity index (χ0) is 19.1. The molecule has 4 nitrogen and oxygen atoms in total. The topological polar surface area (TPSA) is 49.4 Å². The van der Waals surface area contributed by atoms with Crippen molar-refractivity contribution in [1.82, 2.24) is 4.90 Å². The Morgan fingerprint density at radius 2 is 1.73 bits per heavy atom. The third-order valence-corrected chi connectivity index (χ3v) is 4.96. The lowest BCUT2D eigenvalue weighted by Gasteiger charge is -2.21. The third kappa shape index (κ3) is 5.63. The Morgan fingerprint density at radius 3 is 2.31 bits per heavy atom. The van der Waals surface area contributed by atoms with Crippen LogP contribution in [0.2, 0.25) is 0 Å². The number of carbonyl (C=O) groups excluding carboxylic acids is 2. The maximum atomic E-state index is 12.6. The van der Waals surface area contributed by atoms with Gasteiger partial charge in [-0.05, 0) is 42.8 Å². The van der Waals surface area contributed by atoms with E-state index in [0.717, 1.165) is 16.1 Å². The van der Waals surface area contributed by atoms with Gasteiger partial charge in [0.25, 0.3) is 5.91 Å². The number of benzene rings is 2. The molecule has 0 saturated carbocycles. The summed E-state index contributed by atoms with van der Waals surface area (Å²) in [5.41, 5.74) is 2.27. The summed E-state index contributed by atoms with van der Waals surface area (Å²) in [6.07, 6.45) is 0. The van der Waals surface area contributed by atoms with E-state index in [0.29, 0.717) is 23.9 Å². The number of thioether (sulfide) groups is 1. The smallest absolute Gasteiger partial charge is 0.255 e. The van der Waals surface area contributed by atoms with Crippen molar-refractivity contribution in [1.29, 1.82) is 0 Å². The predicted octanol–water partition coefficient (Wildman–Crippen LogP) is 4.81. The molecule has 2 rings (SSSR count). The van der Waals surface area contributed by atoms with E-state index in [1.165, 1.54) is 0 Å². The van der Waals surface area contributed by atoms with Crippen LogP contribution in [0.15, 0.2) is 53.4 Å². The second-order valence-electron chi connectivity index (χ2n) is 6.34. The van der Waals surface area contributed by atoms with Crippen molar-refractivity contribution in [3.63, 3.8) is 0 Å². The number of rotatable bonds is 7. The van der Waals surface area contributed by atoms with Crippen LogP contribution in [0.25, 0.3) is 0 Å². The molecule has 0 saturated heterocycles. The summed E-state index contributed by atoms with van der Waals surface area (Å²) in [7, 11) is 0. The molecule has 0 heterocycles. The molecule has 2 aromatic carbocycles. The van der Waals surface area contributed by atoms with Crippen molar-refractivity contribution < 1.29 is 9.59 Å². The van der Waals surface area contributed by atoms with Crippen LogP contribution in [-0.4, -0.2) is 28.5 Å². The molecular weight excluding hydrogens is 344 g/mol. The van der Waals surface area contributed by atoms with Gasteiger partial charge in [0.05, 0.1) is 0 Å². The lowest BCUT2D eigenvalue weighted by Crippen LogP contribution is -2.28. The second kappa shape index (κ2) is 9.43. The first-order valence-electron chi connectivity index (χ1n) is 8.82. The van der Waals surface area contributed by atoms with Crippen LogP contribution in [0.4, 0.5) is 5.69 Å². The van der Waals surface area contributed by atoms with Gasteiger partial charge in [-0.3, -0.25) is 9.59 Å². The lowest BCUT2D eigenvalue weighted by molar-refractivity contribution is -0.129. The first kappa shape index (κ1) is 20.0. The van der Waals surface area contributed by atoms with Gasteiger partial charge in [-0.25, -0.2) is 0 Å². The highest BCUT2D eigenvalue weighted by molar-refractivity contribution is 7.99. The average Bonchev–Trinajstić information content (AvgIpc) is 2.60. The highest BCUT2D eigenvalue weighted by Crippen LogP contribution is 2.23. The average molecular weight is 371 g/mol. The Morgan fingerprint density at radius 1 is 1.08 bits per heavy atom. The first-order valence-corrected chi connectivity index (χ1v) is 9.70. The van der Waals surface area contributed by atoms with Gasteiger partial charge < -0.3 is 10.2 Å². The first-order chi connectivity index (χ1) is 12.4. The van der Waals surface area contributed by atoms with Gasteiger partial charge in [0.1, 0.15) is 0 Å². The van der Waals surface area contributed by atoms with Crippen LogP contribution in [0.3, 0.4) is 0 Å². The quantitative estimate of drug-likeness (QED) is 0.712. The maximum Gasteiger partial charge on any atom is 0.255 e. The molecular formula is C21H26N2O2S. The van der Waals surface area contributed by atoms with Gasteiger partial charge in [-0.1, -0.05) is 32.0 Å². The standard InChI is InChI=1S/C21H26N2O2S/c1-5-23(16(4)24)14-18-8-6-7-9-20(18)22-21(25)17-10-12-19(13-11-17)26-15(2)3/h6-13,15H,5,14H2,1-4H3,(H,22,25). The summed E-state index contributed by atoms with van der Waals surface area (Å²) in [6.45, 7) is 8.89. The number of anilines is 1. The molecule has 2 aromatic rings. The molecule has 0 radical (unpaired) electrons. The molecule has 138 valence electrons. The maximum absolute atomic E-state index is 12.6. The van der Waals surface area contributed by atoms with E-state index in [2.05, 4.69) is 19.2 Å². The molecule has 0 aliphatic heterocycles. The highest BCUT2D eigenvalue weighted by atomic mass is 32.2. The summed E-state index contributed by atoms with van der Waals surface area (Å²) in [6, 6.07) is 15.2. The molecule has 0 atom stereocenters. The number of nitrogens with zero attached hydrogens (tertiary/aromatic N) is 1. The van der Waals surface area contributed by atoms with Gasteiger partial charge in [0.2, 0.25) is 5.91 Å². The highest BCUT2D eigenvalue weighted by Gasteiger charge is 2.13. The molecule has 1 N–H and O–H groups in total. The summed E-state index contributed by atoms with van der Waals surface area (Å²) >= 11 is 1.77. The van der Waals surface area contributed by atoms with Gasteiger partial charge in [0, 0.05) is 41.4 Å². The predicted molar refractivity (Wildman–Crippen MR) is 109 cm³/mol. The van der Waals surface area contributed by atoms with Crippen molar-refractivity contribution in [3.8, 4) is 0 Å². The van der Waals surface area contributed by atoms with Crippen LogP contribution in [0.1, 0.15) is 43.6 Å². The van der Waals surface area contributed by atoms with Crippen molar-refractivity contribution >= 4 is 29.3 Å². The second-order valence-corrected chi connectivity index (χ2v) is 7.99. The zero-order valence-corrected chi connectivity index (χ0v) is 16.6. The fourth-order valence-electron chi connectivity index (χ4n) is 2.58. The fourth-order valence-corrected chi connectivity index (χ4v) is 3.42. The summed E-state index contributed by atoms with van der Waals surface area (Å²) in [4.78, 5) is 27.2. The van der Waals surface area contributed by atoms with Crippen molar-refractivity contribution in [2.24, 2.45) is 0 Å². The van der Waals surface area contributed by atoms with Crippen molar-refractivity contribution in [3.05, 3.63) is 59.7 Å². The van der Waals surface area contributed by atoms with E-state index >= 15 is 0 Å². The number of para-hydroxylation sites is 1. The molecule has 0 aliphatic rings. The Labute approximate surface area is 160 Å². The van der Waals surface area contributed by atoms with Gasteiger partial charge >= 0.3 is 0 Å². The molecule has 0 bridgehead atoms. The summed E-state index contributed by atoms with van der Waals surface area (Å²) in [5, 5.41) is 3.48. The van der Waals surface area contributed by atoms with Crippen LogP contribution < -0.4 is 5.32 Å². The van der Waals surface area contributed by atoms with E-state index in [4.69, 9.17) is 0 Å². The monoisotopic (exact) mass is 370 g/mol. The molecule has 0 aromatic heterocycles. The minimum Gasteiger partial charge on any atom is -0.339 e. The van der Waals surface area contributed by atoms with Crippen molar-refractivity contribution in [2.45, 2.75) is 44.4 Å². The van der Waals surface area contributed by atoms with Crippen LogP contribution >= 0.6 is 11.8 Å². The van der Waals surface area contributed by atoms with Crippen molar-refractivity contribution in [2.75, 3.05) is 11.9 Å². The van der Waals surface area contributed by atoms with Gasteiger partial charge in [0.15, 0.2) is 0 Å². The molecule has 0 unspecified atom stereocenters. The Bertz CT molecular complexity index is 757. The molecule has 2 amide bonds. The Hall–Kier alpha value is -2.27. The third-order valence-electron chi connectivity index (χ3n) is 3.94. The van der Waals surface area contributed by atoms with E-state index in [9.17, 15) is 9.59 Å². The number of carbonyl (C=O) groups is 2. The largest absolute Gasteiger partial charge is 0.339 e. The fraction of sp³-hybridized carbons (Fsp3) is 0.333. The van der Waals surface area contributed by atoms with E-state index < -0.39 is 0 Å². The number of amides is 2. The van der Waals surface area contributed by atoms with Gasteiger partial charge in [-0.2, -0.15) is 0 Å². The Balaban J connectivity index is 2.12. The number of hydrogen-bond acceptors (Lipinski definition) is 3. The van der Waals surface area contributed by atoms with Crippen LogP contribution in [-0.2, 0) is 11.3 Å².